The molecule has 1 saturated heterocycles. The highest BCUT2D eigenvalue weighted by Crippen LogP contribution is 2.56. The third-order valence-corrected chi connectivity index (χ3v) is 52.1. The Kier molecular flexibility index (Phi) is 3.76. The number of carbonyl (C=O) groups excluding carboxylic acids is 1. The van der Waals surface area contributed by atoms with Crippen LogP contribution in [0.25, 0.3) is 6.08 Å². The van der Waals surface area contributed by atoms with Gasteiger partial charge < -0.3 is 5.73 Å². The van der Waals surface area contributed by atoms with Gasteiger partial charge in [-0.2, -0.15) is 0 Å². The van der Waals surface area contributed by atoms with Crippen molar-refractivity contribution in [2.24, 2.45) is 5.73 Å². The fraction of sp³-hybridized carbons (Fsp3) is 0.526. The molecular formula is C19H31NOSi3. The van der Waals surface area contributed by atoms with Crippen molar-refractivity contribution in [2.75, 3.05) is 0 Å². The SMILES string of the molecule is CC1=Cc2c(cccc2C2(C(N)=O)C[Si](C)(C)[Si](C)(C)[Si]2(C)C)C1. The molecule has 3 rings (SSSR count). The van der Waals surface area contributed by atoms with E-state index in [1.165, 1.54) is 22.3 Å². The average Bonchev–Trinajstić information content (AvgIpc) is 2.87. The molecule has 1 fully saturated rings. The lowest BCUT2D eigenvalue weighted by molar-refractivity contribution is -0.120. The van der Waals surface area contributed by atoms with Crippen molar-refractivity contribution in [2.45, 2.75) is 63.7 Å². The first-order valence-electron chi connectivity index (χ1n) is 8.98. The summed E-state index contributed by atoms with van der Waals surface area (Å²) in [5.74, 6) is -0.0517. The molecule has 130 valence electrons. The highest BCUT2D eigenvalue weighted by molar-refractivity contribution is 7.71. The van der Waals surface area contributed by atoms with Gasteiger partial charge in [-0.15, -0.1) is 0 Å². The van der Waals surface area contributed by atoms with Crippen LogP contribution in [-0.4, -0.2) is 28.2 Å². The van der Waals surface area contributed by atoms with E-state index in [4.69, 9.17) is 5.73 Å². The zero-order valence-electron chi connectivity index (χ0n) is 16.2. The van der Waals surface area contributed by atoms with Gasteiger partial charge in [0.1, 0.15) is 0 Å². The van der Waals surface area contributed by atoms with Gasteiger partial charge in [0, 0.05) is 14.7 Å². The first-order chi connectivity index (χ1) is 10.9. The molecule has 2 nitrogen and oxygen atoms in total. The number of primary amides is 1. The molecule has 24 heavy (non-hydrogen) atoms. The Morgan fingerprint density at radius 3 is 2.25 bits per heavy atom. The zero-order chi connectivity index (χ0) is 18.1. The van der Waals surface area contributed by atoms with E-state index in [1.807, 2.05) is 0 Å². The van der Waals surface area contributed by atoms with E-state index < -0.39 is 22.3 Å². The van der Waals surface area contributed by atoms with Gasteiger partial charge in [0.15, 0.2) is 0 Å². The van der Waals surface area contributed by atoms with E-state index in [1.54, 1.807) is 0 Å². The highest BCUT2D eigenvalue weighted by atomic mass is 29.6. The maximum Gasteiger partial charge on any atom is 0.224 e. The van der Waals surface area contributed by atoms with Gasteiger partial charge in [-0.3, -0.25) is 4.79 Å². The standard InChI is InChI=1S/C19H31NOSi3/c1-14-11-15-9-8-10-17(16(15)12-14)19(18(20)21)13-22(2,3)24(6,7)23(19,4)5/h8-10,12H,11,13H2,1-7H3,(H2,20,21). The minimum atomic E-state index is -1.85. The fourth-order valence-electron chi connectivity index (χ4n) is 5.35. The summed E-state index contributed by atoms with van der Waals surface area (Å²) in [5.41, 5.74) is 11.6. The number of hydrogen-bond acceptors (Lipinski definition) is 1. The van der Waals surface area contributed by atoms with Gasteiger partial charge >= 0.3 is 0 Å². The summed E-state index contributed by atoms with van der Waals surface area (Å²) in [6.45, 7) is 17.3. The Hall–Kier alpha value is -0.919. The molecule has 0 aromatic heterocycles. The van der Waals surface area contributed by atoms with Crippen LogP contribution in [0.1, 0.15) is 23.6 Å². The molecule has 0 saturated carbocycles. The minimum absolute atomic E-state index is 0.0517. The Morgan fingerprint density at radius 2 is 1.75 bits per heavy atom. The largest absolute Gasteiger partial charge is 0.369 e. The summed E-state index contributed by atoms with van der Waals surface area (Å²) in [7, 11) is -4.78. The van der Waals surface area contributed by atoms with Crippen molar-refractivity contribution in [1.82, 2.24) is 0 Å². The molecule has 0 radical (unpaired) electrons. The molecule has 1 amide bonds. The zero-order valence-corrected chi connectivity index (χ0v) is 19.2. The maximum atomic E-state index is 13.1. The van der Waals surface area contributed by atoms with Gasteiger partial charge in [0.05, 0.1) is 12.6 Å². The number of hydrogen-bond donors (Lipinski definition) is 1. The number of rotatable bonds is 2. The molecule has 0 bridgehead atoms. The van der Waals surface area contributed by atoms with Crippen molar-refractivity contribution >= 4 is 34.3 Å². The number of nitrogens with two attached hydrogens (primary N) is 1. The molecule has 1 aromatic rings. The van der Waals surface area contributed by atoms with E-state index in [2.05, 4.69) is 70.5 Å². The van der Waals surface area contributed by atoms with E-state index in [-0.39, 0.29) is 10.9 Å². The van der Waals surface area contributed by atoms with E-state index >= 15 is 0 Å². The van der Waals surface area contributed by atoms with E-state index in [0.29, 0.717) is 0 Å². The highest BCUT2D eigenvalue weighted by Gasteiger charge is 2.72. The van der Waals surface area contributed by atoms with Crippen LogP contribution in [-0.2, 0) is 16.3 Å². The number of fused-ring (bicyclic) bond motifs is 1. The Balaban J connectivity index is 2.36. The molecule has 1 aromatic carbocycles. The Bertz CT molecular complexity index is 764. The third kappa shape index (κ3) is 1.95. The van der Waals surface area contributed by atoms with Gasteiger partial charge in [-0.25, -0.2) is 0 Å². The lowest BCUT2D eigenvalue weighted by Crippen LogP contribution is -2.70. The number of carbonyl (C=O) groups is 1. The van der Waals surface area contributed by atoms with Crippen LogP contribution in [0, 0.1) is 0 Å². The Morgan fingerprint density at radius 1 is 1.12 bits per heavy atom. The van der Waals surface area contributed by atoms with Gasteiger partial charge in [0.2, 0.25) is 5.91 Å². The van der Waals surface area contributed by atoms with Crippen LogP contribution >= 0.6 is 0 Å². The molecule has 1 aliphatic carbocycles. The second-order valence-corrected chi connectivity index (χ2v) is 37.9. The number of allylic oxidation sites excluding steroid dienone is 1. The predicted molar refractivity (Wildman–Crippen MR) is 112 cm³/mol. The van der Waals surface area contributed by atoms with Crippen molar-refractivity contribution < 1.29 is 4.79 Å². The topological polar surface area (TPSA) is 43.1 Å². The fourth-order valence-corrected chi connectivity index (χ4v) is 45.3. The number of benzene rings is 1. The van der Waals surface area contributed by atoms with Gasteiger partial charge in [0.25, 0.3) is 0 Å². The second kappa shape index (κ2) is 5.05. The minimum Gasteiger partial charge on any atom is -0.369 e. The van der Waals surface area contributed by atoms with Crippen molar-refractivity contribution in [1.29, 1.82) is 0 Å². The van der Waals surface area contributed by atoms with Crippen LogP contribution < -0.4 is 5.73 Å². The summed E-state index contributed by atoms with van der Waals surface area (Å²) in [5, 5.41) is -0.384. The van der Waals surface area contributed by atoms with Crippen molar-refractivity contribution in [3.8, 4) is 0 Å². The van der Waals surface area contributed by atoms with Gasteiger partial charge in [-0.1, -0.05) is 69.1 Å². The summed E-state index contributed by atoms with van der Waals surface area (Å²) in [6.07, 6.45) is 3.32. The van der Waals surface area contributed by atoms with Crippen LogP contribution in [0.3, 0.4) is 0 Å². The first kappa shape index (κ1) is 17.9. The molecule has 2 N–H and O–H groups in total. The van der Waals surface area contributed by atoms with Gasteiger partial charge in [-0.05, 0) is 36.1 Å². The number of amides is 1. The monoisotopic (exact) mass is 373 g/mol. The van der Waals surface area contributed by atoms with Crippen LogP contribution in [0.5, 0.6) is 0 Å². The third-order valence-electron chi connectivity index (χ3n) is 7.97. The normalized spacial score (nSPS) is 29.2. The molecule has 1 aliphatic heterocycles. The molecule has 1 heterocycles. The van der Waals surface area contributed by atoms with Crippen LogP contribution in [0.15, 0.2) is 23.8 Å². The van der Waals surface area contributed by atoms with Crippen LogP contribution in [0.4, 0.5) is 0 Å². The van der Waals surface area contributed by atoms with Crippen molar-refractivity contribution in [3.63, 3.8) is 0 Å². The average molecular weight is 374 g/mol. The predicted octanol–water partition coefficient (Wildman–Crippen LogP) is 4.20. The first-order valence-corrected chi connectivity index (χ1v) is 20.2. The molecule has 5 heteroatoms. The smallest absolute Gasteiger partial charge is 0.224 e. The van der Waals surface area contributed by atoms with Crippen LogP contribution in [0.2, 0.25) is 45.3 Å². The summed E-state index contributed by atoms with van der Waals surface area (Å²) >= 11 is 0. The maximum absolute atomic E-state index is 13.1. The summed E-state index contributed by atoms with van der Waals surface area (Å²) in [6, 6.07) is 7.64. The quantitative estimate of drug-likeness (QED) is 0.776. The molecule has 1 unspecified atom stereocenters. The lowest BCUT2D eigenvalue weighted by atomic mass is 9.92. The summed E-state index contributed by atoms with van der Waals surface area (Å²) in [4.78, 5) is 13.1. The molecule has 0 spiro atoms. The van der Waals surface area contributed by atoms with E-state index in [9.17, 15) is 4.79 Å². The summed E-state index contributed by atoms with van der Waals surface area (Å²) < 4.78 is 0. The second-order valence-electron chi connectivity index (χ2n) is 9.63. The Labute approximate surface area is 149 Å². The van der Waals surface area contributed by atoms with Crippen molar-refractivity contribution in [3.05, 3.63) is 40.5 Å². The van der Waals surface area contributed by atoms with E-state index in [0.717, 1.165) is 12.5 Å². The lowest BCUT2D eigenvalue weighted by Gasteiger charge is -2.46. The molecular weight excluding hydrogens is 342 g/mol. The molecule has 2 aliphatic rings. The molecule has 1 atom stereocenters.